The van der Waals surface area contributed by atoms with E-state index < -0.39 is 0 Å². The van der Waals surface area contributed by atoms with Crippen molar-refractivity contribution in [3.8, 4) is 5.75 Å². The molecule has 116 valence electrons. The molecule has 0 aromatic heterocycles. The van der Waals surface area contributed by atoms with Crippen LogP contribution in [0.5, 0.6) is 5.75 Å². The third kappa shape index (κ3) is 3.77. The van der Waals surface area contributed by atoms with Crippen LogP contribution in [0, 0.1) is 5.41 Å². The molecule has 2 N–H and O–H groups in total. The van der Waals surface area contributed by atoms with E-state index in [0.29, 0.717) is 0 Å². The van der Waals surface area contributed by atoms with Crippen molar-refractivity contribution in [1.29, 1.82) is 0 Å². The van der Waals surface area contributed by atoms with Crippen LogP contribution in [-0.4, -0.2) is 26.1 Å². The van der Waals surface area contributed by atoms with Crippen LogP contribution in [0.1, 0.15) is 32.6 Å². The lowest BCUT2D eigenvalue weighted by molar-refractivity contribution is -0.127. The molecular weight excluding hydrogens is 332 g/mol. The van der Waals surface area contributed by atoms with Gasteiger partial charge in [-0.1, -0.05) is 13.3 Å². The normalized spacial score (nSPS) is 17.3. The first-order valence-corrected chi connectivity index (χ1v) is 8.26. The number of hydrogen-bond acceptors (Lipinski definition) is 3. The van der Waals surface area contributed by atoms with Crippen LogP contribution >= 0.6 is 15.9 Å². The molecule has 0 bridgehead atoms. The molecule has 1 aliphatic heterocycles. The Morgan fingerprint density at radius 3 is 2.76 bits per heavy atom. The molecule has 1 saturated heterocycles. The Balaban J connectivity index is 2.18. The van der Waals surface area contributed by atoms with Crippen LogP contribution < -0.4 is 15.4 Å². The SMILES string of the molecule is CCCC1(C(=O)Nc2cc(OC)ccc2Br)CCNCC1. The smallest absolute Gasteiger partial charge is 0.230 e. The summed E-state index contributed by atoms with van der Waals surface area (Å²) in [6, 6.07) is 5.61. The van der Waals surface area contributed by atoms with E-state index in [1.54, 1.807) is 7.11 Å². The monoisotopic (exact) mass is 354 g/mol. The summed E-state index contributed by atoms with van der Waals surface area (Å²) in [6.45, 7) is 3.96. The first kappa shape index (κ1) is 16.3. The average Bonchev–Trinajstić information content (AvgIpc) is 2.50. The molecule has 0 aliphatic carbocycles. The van der Waals surface area contributed by atoms with Gasteiger partial charge in [0.2, 0.25) is 5.91 Å². The Morgan fingerprint density at radius 1 is 1.43 bits per heavy atom. The van der Waals surface area contributed by atoms with Crippen molar-refractivity contribution < 1.29 is 9.53 Å². The van der Waals surface area contributed by atoms with Gasteiger partial charge in [0.15, 0.2) is 0 Å². The molecule has 0 spiro atoms. The second-order valence-corrected chi connectivity index (χ2v) is 6.43. The Hall–Kier alpha value is -1.07. The number of anilines is 1. The summed E-state index contributed by atoms with van der Waals surface area (Å²) < 4.78 is 6.10. The topological polar surface area (TPSA) is 50.4 Å². The number of halogens is 1. The maximum atomic E-state index is 12.8. The van der Waals surface area contributed by atoms with Crippen LogP contribution in [0.15, 0.2) is 22.7 Å². The third-order valence-corrected chi connectivity index (χ3v) is 4.88. The van der Waals surface area contributed by atoms with Gasteiger partial charge in [0.05, 0.1) is 18.2 Å². The molecule has 1 amide bonds. The van der Waals surface area contributed by atoms with Crippen LogP contribution in [0.2, 0.25) is 0 Å². The average molecular weight is 355 g/mol. The minimum absolute atomic E-state index is 0.125. The molecule has 5 heteroatoms. The number of benzene rings is 1. The number of rotatable bonds is 5. The zero-order valence-corrected chi connectivity index (χ0v) is 14.3. The molecule has 1 heterocycles. The van der Waals surface area contributed by atoms with E-state index >= 15 is 0 Å². The van der Waals surface area contributed by atoms with Gasteiger partial charge in [-0.15, -0.1) is 0 Å². The van der Waals surface area contributed by atoms with E-state index in [1.807, 2.05) is 18.2 Å². The van der Waals surface area contributed by atoms with Gasteiger partial charge in [0.1, 0.15) is 5.75 Å². The van der Waals surface area contributed by atoms with Gasteiger partial charge in [0.25, 0.3) is 0 Å². The number of ether oxygens (including phenoxy) is 1. The fraction of sp³-hybridized carbons (Fsp3) is 0.562. The number of methoxy groups -OCH3 is 1. The van der Waals surface area contributed by atoms with Gasteiger partial charge in [-0.2, -0.15) is 0 Å². The lowest BCUT2D eigenvalue weighted by Crippen LogP contribution is -2.44. The standard InChI is InChI=1S/C16H23BrN2O2/c1-3-6-16(7-9-18-10-8-16)15(20)19-14-11-12(21-2)4-5-13(14)17/h4-5,11,18H,3,6-10H2,1-2H3,(H,19,20). The number of hydrogen-bond donors (Lipinski definition) is 2. The van der Waals surface area contributed by atoms with Crippen LogP contribution in [0.4, 0.5) is 5.69 Å². The summed E-state index contributed by atoms with van der Waals surface area (Å²) in [5, 5.41) is 6.42. The predicted molar refractivity (Wildman–Crippen MR) is 88.8 cm³/mol. The van der Waals surface area contributed by atoms with Gasteiger partial charge in [-0.3, -0.25) is 4.79 Å². The highest BCUT2D eigenvalue weighted by Gasteiger charge is 2.38. The van der Waals surface area contributed by atoms with Gasteiger partial charge >= 0.3 is 0 Å². The van der Waals surface area contributed by atoms with E-state index in [9.17, 15) is 4.79 Å². The van der Waals surface area contributed by atoms with Gasteiger partial charge in [-0.25, -0.2) is 0 Å². The maximum absolute atomic E-state index is 12.8. The fourth-order valence-electron chi connectivity index (χ4n) is 2.96. The molecule has 2 rings (SSSR count). The second kappa shape index (κ2) is 7.27. The summed E-state index contributed by atoms with van der Waals surface area (Å²) in [5.74, 6) is 0.864. The molecule has 21 heavy (non-hydrogen) atoms. The molecule has 1 aromatic carbocycles. The third-order valence-electron chi connectivity index (χ3n) is 4.19. The first-order valence-electron chi connectivity index (χ1n) is 7.47. The largest absolute Gasteiger partial charge is 0.497 e. The molecule has 0 radical (unpaired) electrons. The Morgan fingerprint density at radius 2 is 2.14 bits per heavy atom. The van der Waals surface area contributed by atoms with Gasteiger partial charge in [-0.05, 0) is 60.4 Å². The Labute approximate surface area is 134 Å². The highest BCUT2D eigenvalue weighted by Crippen LogP contribution is 2.36. The molecule has 1 aliphatic rings. The van der Waals surface area contributed by atoms with Gasteiger partial charge < -0.3 is 15.4 Å². The van der Waals surface area contributed by atoms with E-state index in [0.717, 1.165) is 54.7 Å². The maximum Gasteiger partial charge on any atom is 0.230 e. The summed E-state index contributed by atoms with van der Waals surface area (Å²) in [6.07, 6.45) is 3.75. The van der Waals surface area contributed by atoms with E-state index in [1.165, 1.54) is 0 Å². The van der Waals surface area contributed by atoms with Crippen molar-refractivity contribution in [3.63, 3.8) is 0 Å². The summed E-state index contributed by atoms with van der Waals surface area (Å²) in [5.41, 5.74) is 0.524. The quantitative estimate of drug-likeness (QED) is 0.849. The summed E-state index contributed by atoms with van der Waals surface area (Å²) in [7, 11) is 1.63. The molecule has 0 atom stereocenters. The molecule has 4 nitrogen and oxygen atoms in total. The van der Waals surface area contributed by atoms with Crippen molar-refractivity contribution in [1.82, 2.24) is 5.32 Å². The van der Waals surface area contributed by atoms with Gasteiger partial charge in [0, 0.05) is 10.5 Å². The zero-order chi connectivity index (χ0) is 15.3. The Bertz CT molecular complexity index is 494. The number of nitrogens with one attached hydrogen (secondary N) is 2. The molecule has 0 unspecified atom stereocenters. The predicted octanol–water partition coefficient (Wildman–Crippen LogP) is 3.57. The lowest BCUT2D eigenvalue weighted by atomic mass is 9.74. The number of amides is 1. The minimum atomic E-state index is -0.248. The van der Waals surface area contributed by atoms with Crippen LogP contribution in [0.3, 0.4) is 0 Å². The minimum Gasteiger partial charge on any atom is -0.497 e. The molecule has 0 saturated carbocycles. The van der Waals surface area contributed by atoms with Crippen LogP contribution in [0.25, 0.3) is 0 Å². The van der Waals surface area contributed by atoms with Crippen molar-refractivity contribution >= 4 is 27.5 Å². The van der Waals surface area contributed by atoms with E-state index in [2.05, 4.69) is 33.5 Å². The fourth-order valence-corrected chi connectivity index (χ4v) is 3.30. The van der Waals surface area contributed by atoms with Crippen molar-refractivity contribution in [2.45, 2.75) is 32.6 Å². The van der Waals surface area contributed by atoms with Crippen LogP contribution in [-0.2, 0) is 4.79 Å². The number of carbonyl (C=O) groups excluding carboxylic acids is 1. The van der Waals surface area contributed by atoms with Crippen molar-refractivity contribution in [3.05, 3.63) is 22.7 Å². The van der Waals surface area contributed by atoms with E-state index in [-0.39, 0.29) is 11.3 Å². The second-order valence-electron chi connectivity index (χ2n) is 5.58. The first-order chi connectivity index (χ1) is 10.1. The molecular formula is C16H23BrN2O2. The molecule has 1 fully saturated rings. The highest BCUT2D eigenvalue weighted by molar-refractivity contribution is 9.10. The zero-order valence-electron chi connectivity index (χ0n) is 12.7. The number of carbonyl (C=O) groups is 1. The van der Waals surface area contributed by atoms with Crippen molar-refractivity contribution in [2.24, 2.45) is 5.41 Å². The lowest BCUT2D eigenvalue weighted by Gasteiger charge is -2.36. The highest BCUT2D eigenvalue weighted by atomic mass is 79.9. The summed E-state index contributed by atoms with van der Waals surface area (Å²) >= 11 is 3.49. The Kier molecular flexibility index (Phi) is 5.65. The van der Waals surface area contributed by atoms with Crippen molar-refractivity contribution in [2.75, 3.05) is 25.5 Å². The molecule has 1 aromatic rings. The number of piperidine rings is 1. The van der Waals surface area contributed by atoms with E-state index in [4.69, 9.17) is 4.74 Å². The summed E-state index contributed by atoms with van der Waals surface area (Å²) in [4.78, 5) is 12.8.